The Balaban J connectivity index is 1.94. The minimum Gasteiger partial charge on any atom is -0.478 e. The number of amides is 1. The van der Waals surface area contributed by atoms with Crippen LogP contribution in [-0.2, 0) is 0 Å². The van der Waals surface area contributed by atoms with Crippen molar-refractivity contribution in [3.05, 3.63) is 23.7 Å². The molecule has 0 radical (unpaired) electrons. The lowest BCUT2D eigenvalue weighted by atomic mass is 10.1. The van der Waals surface area contributed by atoms with E-state index < -0.39 is 5.97 Å². The predicted octanol–water partition coefficient (Wildman–Crippen LogP) is 1.19. The number of carbonyl (C=O) groups is 2. The summed E-state index contributed by atoms with van der Waals surface area (Å²) < 4.78 is 4.98. The minimum atomic E-state index is -1.10. The first-order valence-corrected chi connectivity index (χ1v) is 6.45. The van der Waals surface area contributed by atoms with Crippen molar-refractivity contribution in [1.29, 1.82) is 0 Å². The summed E-state index contributed by atoms with van der Waals surface area (Å²) in [7, 11) is 0. The van der Waals surface area contributed by atoms with Gasteiger partial charge in [0.15, 0.2) is 5.76 Å². The van der Waals surface area contributed by atoms with Crippen molar-refractivity contribution in [2.45, 2.75) is 25.8 Å². The fraction of sp³-hybridized carbons (Fsp3) is 0.538. The van der Waals surface area contributed by atoms with E-state index in [0.29, 0.717) is 0 Å². The third kappa shape index (κ3) is 3.35. The van der Waals surface area contributed by atoms with Gasteiger partial charge in [-0.05, 0) is 25.9 Å². The van der Waals surface area contributed by atoms with Gasteiger partial charge in [-0.15, -0.1) is 0 Å². The number of carboxylic acid groups (broad SMARTS) is 1. The summed E-state index contributed by atoms with van der Waals surface area (Å²) in [4.78, 5) is 24.9. The SMILES string of the molecule is CCN1CCCC(NC(=O)c2cc(C(=O)O)co2)C1. The Bertz CT molecular complexity index is 469. The maximum Gasteiger partial charge on any atom is 0.338 e. The maximum atomic E-state index is 11.9. The molecule has 1 aliphatic heterocycles. The van der Waals surface area contributed by atoms with Crippen LogP contribution < -0.4 is 5.32 Å². The molecule has 1 fully saturated rings. The Morgan fingerprint density at radius 2 is 2.37 bits per heavy atom. The standard InChI is InChI=1S/C13H18N2O4/c1-2-15-5-3-4-10(7-15)14-12(16)11-6-9(8-19-11)13(17)18/h6,8,10H,2-5,7H2,1H3,(H,14,16)(H,17,18). The summed E-state index contributed by atoms with van der Waals surface area (Å²) >= 11 is 0. The second-order valence-electron chi connectivity index (χ2n) is 4.71. The van der Waals surface area contributed by atoms with Crippen LogP contribution in [0.5, 0.6) is 0 Å². The van der Waals surface area contributed by atoms with E-state index in [9.17, 15) is 9.59 Å². The van der Waals surface area contributed by atoms with Crippen LogP contribution in [0.25, 0.3) is 0 Å². The van der Waals surface area contributed by atoms with Crippen LogP contribution in [0.2, 0.25) is 0 Å². The molecule has 0 bridgehead atoms. The fourth-order valence-corrected chi connectivity index (χ4v) is 2.28. The van der Waals surface area contributed by atoms with Gasteiger partial charge < -0.3 is 19.7 Å². The molecule has 1 atom stereocenters. The molecule has 19 heavy (non-hydrogen) atoms. The lowest BCUT2D eigenvalue weighted by Crippen LogP contribution is -2.47. The molecular weight excluding hydrogens is 248 g/mol. The molecule has 0 saturated carbocycles. The molecule has 6 nitrogen and oxygen atoms in total. The average Bonchev–Trinajstić information content (AvgIpc) is 2.89. The molecule has 2 heterocycles. The topological polar surface area (TPSA) is 82.8 Å². The summed E-state index contributed by atoms with van der Waals surface area (Å²) in [5.41, 5.74) is -0.0102. The highest BCUT2D eigenvalue weighted by Crippen LogP contribution is 2.12. The van der Waals surface area contributed by atoms with Crippen LogP contribution in [0.1, 0.15) is 40.7 Å². The van der Waals surface area contributed by atoms with Gasteiger partial charge in [-0.3, -0.25) is 4.79 Å². The van der Waals surface area contributed by atoms with E-state index in [4.69, 9.17) is 9.52 Å². The van der Waals surface area contributed by atoms with Crippen molar-refractivity contribution in [3.8, 4) is 0 Å². The van der Waals surface area contributed by atoms with Crippen LogP contribution in [-0.4, -0.2) is 47.6 Å². The number of furan rings is 1. The zero-order valence-corrected chi connectivity index (χ0v) is 10.9. The highest BCUT2D eigenvalue weighted by Gasteiger charge is 2.22. The van der Waals surface area contributed by atoms with Gasteiger partial charge in [0.05, 0.1) is 5.56 Å². The molecule has 1 aromatic rings. The van der Waals surface area contributed by atoms with Gasteiger partial charge >= 0.3 is 5.97 Å². The molecule has 104 valence electrons. The number of aromatic carboxylic acids is 1. The number of likely N-dealkylation sites (tertiary alicyclic amines) is 1. The van der Waals surface area contributed by atoms with Gasteiger partial charge in [0.2, 0.25) is 0 Å². The van der Waals surface area contributed by atoms with E-state index in [1.54, 1.807) is 0 Å². The summed E-state index contributed by atoms with van der Waals surface area (Å²) in [6, 6.07) is 1.34. The fourth-order valence-electron chi connectivity index (χ4n) is 2.28. The minimum absolute atomic E-state index is 0.0102. The largest absolute Gasteiger partial charge is 0.478 e. The highest BCUT2D eigenvalue weighted by molar-refractivity contribution is 5.95. The van der Waals surface area contributed by atoms with Crippen LogP contribution >= 0.6 is 0 Å². The first kappa shape index (κ1) is 13.6. The Labute approximate surface area is 111 Å². The normalized spacial score (nSPS) is 20.2. The second kappa shape index (κ2) is 5.88. The van der Waals surface area contributed by atoms with Crippen molar-refractivity contribution in [2.24, 2.45) is 0 Å². The summed E-state index contributed by atoms with van der Waals surface area (Å²) in [6.07, 6.45) is 3.07. The quantitative estimate of drug-likeness (QED) is 0.855. The van der Waals surface area contributed by atoms with E-state index in [0.717, 1.165) is 38.7 Å². The summed E-state index contributed by atoms with van der Waals surface area (Å²) in [5.74, 6) is -1.40. The molecule has 1 aliphatic rings. The lowest BCUT2D eigenvalue weighted by molar-refractivity contribution is 0.0695. The first-order valence-electron chi connectivity index (χ1n) is 6.45. The van der Waals surface area contributed by atoms with Crippen molar-refractivity contribution in [2.75, 3.05) is 19.6 Å². The van der Waals surface area contributed by atoms with Gasteiger partial charge in [-0.2, -0.15) is 0 Å². The Morgan fingerprint density at radius 1 is 1.58 bits per heavy atom. The average molecular weight is 266 g/mol. The number of likely N-dealkylation sites (N-methyl/N-ethyl adjacent to an activating group) is 1. The highest BCUT2D eigenvalue weighted by atomic mass is 16.4. The van der Waals surface area contributed by atoms with Gasteiger partial charge in [0.25, 0.3) is 5.91 Å². The third-order valence-corrected chi connectivity index (χ3v) is 3.36. The van der Waals surface area contributed by atoms with Crippen molar-refractivity contribution >= 4 is 11.9 Å². The zero-order valence-electron chi connectivity index (χ0n) is 10.9. The molecule has 1 saturated heterocycles. The monoisotopic (exact) mass is 266 g/mol. The van der Waals surface area contributed by atoms with E-state index in [2.05, 4.69) is 17.1 Å². The van der Waals surface area contributed by atoms with Crippen molar-refractivity contribution in [3.63, 3.8) is 0 Å². The smallest absolute Gasteiger partial charge is 0.338 e. The van der Waals surface area contributed by atoms with E-state index in [1.807, 2.05) is 0 Å². The lowest BCUT2D eigenvalue weighted by Gasteiger charge is -2.31. The number of piperidine rings is 1. The molecular formula is C13H18N2O4. The van der Waals surface area contributed by atoms with Crippen molar-refractivity contribution in [1.82, 2.24) is 10.2 Å². The first-order chi connectivity index (χ1) is 9.10. The molecule has 0 aromatic carbocycles. The number of nitrogens with one attached hydrogen (secondary N) is 1. The van der Waals surface area contributed by atoms with Gasteiger partial charge in [-0.1, -0.05) is 6.92 Å². The number of hydrogen-bond acceptors (Lipinski definition) is 4. The van der Waals surface area contributed by atoms with Gasteiger partial charge in [0, 0.05) is 18.7 Å². The van der Waals surface area contributed by atoms with Gasteiger partial charge in [0.1, 0.15) is 6.26 Å². The van der Waals surface area contributed by atoms with Crippen LogP contribution in [0.3, 0.4) is 0 Å². The van der Waals surface area contributed by atoms with E-state index in [-0.39, 0.29) is 23.3 Å². The number of carbonyl (C=O) groups excluding carboxylic acids is 1. The Hall–Kier alpha value is -1.82. The van der Waals surface area contributed by atoms with Crippen molar-refractivity contribution < 1.29 is 19.1 Å². The van der Waals surface area contributed by atoms with Crippen LogP contribution in [0.4, 0.5) is 0 Å². The van der Waals surface area contributed by atoms with Crippen LogP contribution in [0, 0.1) is 0 Å². The molecule has 1 amide bonds. The molecule has 0 aliphatic carbocycles. The summed E-state index contributed by atoms with van der Waals surface area (Å²) in [6.45, 7) is 4.95. The summed E-state index contributed by atoms with van der Waals surface area (Å²) in [5, 5.41) is 11.7. The molecule has 0 spiro atoms. The second-order valence-corrected chi connectivity index (χ2v) is 4.71. The molecule has 2 N–H and O–H groups in total. The molecule has 1 unspecified atom stereocenters. The number of rotatable bonds is 4. The number of hydrogen-bond donors (Lipinski definition) is 2. The Morgan fingerprint density at radius 3 is 3.00 bits per heavy atom. The number of nitrogens with zero attached hydrogens (tertiary/aromatic N) is 1. The van der Waals surface area contributed by atoms with Gasteiger partial charge in [-0.25, -0.2) is 4.79 Å². The maximum absolute atomic E-state index is 11.9. The molecule has 1 aromatic heterocycles. The van der Waals surface area contributed by atoms with Crippen LogP contribution in [0.15, 0.2) is 16.7 Å². The zero-order chi connectivity index (χ0) is 13.8. The van der Waals surface area contributed by atoms with E-state index in [1.165, 1.54) is 6.07 Å². The third-order valence-electron chi connectivity index (χ3n) is 3.36. The Kier molecular flexibility index (Phi) is 4.21. The van der Waals surface area contributed by atoms with E-state index >= 15 is 0 Å². The number of carboxylic acids is 1. The molecule has 6 heteroatoms. The molecule has 2 rings (SSSR count). The predicted molar refractivity (Wildman–Crippen MR) is 68.3 cm³/mol.